The van der Waals surface area contributed by atoms with E-state index in [0.29, 0.717) is 19.1 Å². The van der Waals surface area contributed by atoms with Crippen LogP contribution in [0.25, 0.3) is 0 Å². The maximum Gasteiger partial charge on any atom is 0.0879 e. The summed E-state index contributed by atoms with van der Waals surface area (Å²) in [7, 11) is 0. The largest absolute Gasteiger partial charge is 0.373 e. The molecule has 0 radical (unpaired) electrons. The summed E-state index contributed by atoms with van der Waals surface area (Å²) >= 11 is 8.09. The Morgan fingerprint density at radius 3 is 1.93 bits per heavy atom. The van der Waals surface area contributed by atoms with Gasteiger partial charge in [-0.3, -0.25) is 0 Å². The molecule has 0 amide bonds. The molecule has 0 aliphatic carbocycles. The lowest BCUT2D eigenvalue weighted by Crippen LogP contribution is -2.35. The van der Waals surface area contributed by atoms with E-state index in [4.69, 9.17) is 21.1 Å². The summed E-state index contributed by atoms with van der Waals surface area (Å²) in [6.07, 6.45) is 0. The zero-order valence-corrected chi connectivity index (χ0v) is 12.3. The normalized spacial score (nSPS) is 16.7. The molecular formula is C10H20ClIO2. The maximum atomic E-state index is 5.81. The minimum atomic E-state index is -0.219. The van der Waals surface area contributed by atoms with Gasteiger partial charge in [0.25, 0.3) is 0 Å². The number of hydrogen-bond acceptors (Lipinski definition) is 2. The molecule has 1 atom stereocenters. The smallest absolute Gasteiger partial charge is 0.0879 e. The van der Waals surface area contributed by atoms with Crippen LogP contribution >= 0.6 is 34.2 Å². The van der Waals surface area contributed by atoms with Crippen LogP contribution in [0.3, 0.4) is 0 Å². The SMILES string of the molecule is CC(C)(C)OCCOC(C)(CCl)CI. The first-order valence-corrected chi connectivity index (χ1v) is 6.79. The highest BCUT2D eigenvalue weighted by Gasteiger charge is 2.22. The molecule has 86 valence electrons. The molecule has 0 rings (SSSR count). The van der Waals surface area contributed by atoms with E-state index in [1.54, 1.807) is 0 Å². The Kier molecular flexibility index (Phi) is 6.94. The van der Waals surface area contributed by atoms with E-state index in [0.717, 1.165) is 4.43 Å². The molecule has 0 saturated heterocycles. The molecule has 1 unspecified atom stereocenters. The Labute approximate surface area is 106 Å². The molecule has 14 heavy (non-hydrogen) atoms. The summed E-state index contributed by atoms with van der Waals surface area (Å²) < 4.78 is 12.1. The Morgan fingerprint density at radius 2 is 1.57 bits per heavy atom. The molecule has 0 saturated carbocycles. The Morgan fingerprint density at radius 1 is 1.07 bits per heavy atom. The van der Waals surface area contributed by atoms with Crippen LogP contribution in [0, 0.1) is 0 Å². The van der Waals surface area contributed by atoms with Gasteiger partial charge in [0, 0.05) is 4.43 Å². The van der Waals surface area contributed by atoms with Crippen molar-refractivity contribution in [2.75, 3.05) is 23.5 Å². The predicted molar refractivity (Wildman–Crippen MR) is 69.7 cm³/mol. The lowest BCUT2D eigenvalue weighted by atomic mass is 10.2. The zero-order valence-electron chi connectivity index (χ0n) is 9.40. The van der Waals surface area contributed by atoms with Crippen LogP contribution in [0.5, 0.6) is 0 Å². The minimum absolute atomic E-state index is 0.0922. The Hall–Kier alpha value is 0.940. The van der Waals surface area contributed by atoms with Crippen molar-refractivity contribution >= 4 is 34.2 Å². The Bertz CT molecular complexity index is 153. The number of ether oxygens (including phenoxy) is 2. The van der Waals surface area contributed by atoms with Gasteiger partial charge in [0.05, 0.1) is 30.3 Å². The zero-order chi connectivity index (χ0) is 11.2. The van der Waals surface area contributed by atoms with Crippen LogP contribution in [-0.4, -0.2) is 34.7 Å². The van der Waals surface area contributed by atoms with E-state index in [1.807, 2.05) is 27.7 Å². The standard InChI is InChI=1S/C10H20ClIO2/c1-9(2,3)13-5-6-14-10(4,7-11)8-12/h5-8H2,1-4H3. The van der Waals surface area contributed by atoms with Crippen LogP contribution in [0.1, 0.15) is 27.7 Å². The first-order valence-electron chi connectivity index (χ1n) is 4.73. The van der Waals surface area contributed by atoms with Gasteiger partial charge in [0.15, 0.2) is 0 Å². The molecule has 0 aliphatic rings. The van der Waals surface area contributed by atoms with E-state index in [2.05, 4.69) is 22.6 Å². The second kappa shape index (κ2) is 6.51. The fourth-order valence-corrected chi connectivity index (χ4v) is 1.73. The van der Waals surface area contributed by atoms with Crippen molar-refractivity contribution in [3.05, 3.63) is 0 Å². The van der Waals surface area contributed by atoms with Crippen molar-refractivity contribution in [3.8, 4) is 0 Å². The van der Waals surface area contributed by atoms with Gasteiger partial charge in [-0.25, -0.2) is 0 Å². The van der Waals surface area contributed by atoms with E-state index in [9.17, 15) is 0 Å². The average molecular weight is 335 g/mol. The fraction of sp³-hybridized carbons (Fsp3) is 1.00. The van der Waals surface area contributed by atoms with Crippen LogP contribution in [-0.2, 0) is 9.47 Å². The van der Waals surface area contributed by atoms with Crippen molar-refractivity contribution in [1.29, 1.82) is 0 Å². The molecule has 0 N–H and O–H groups in total. The third-order valence-electron chi connectivity index (χ3n) is 1.63. The summed E-state index contributed by atoms with van der Waals surface area (Å²) in [5, 5.41) is 0. The first-order chi connectivity index (χ1) is 6.33. The topological polar surface area (TPSA) is 18.5 Å². The summed E-state index contributed by atoms with van der Waals surface area (Å²) in [5.41, 5.74) is -0.311. The van der Waals surface area contributed by atoms with Crippen LogP contribution in [0.4, 0.5) is 0 Å². The molecule has 0 fully saturated rings. The Balaban J connectivity index is 3.63. The van der Waals surface area contributed by atoms with Crippen LogP contribution in [0.2, 0.25) is 0 Å². The molecule has 0 bridgehead atoms. The molecule has 0 spiro atoms. The lowest BCUT2D eigenvalue weighted by Gasteiger charge is -2.26. The van der Waals surface area contributed by atoms with E-state index in [1.165, 1.54) is 0 Å². The molecular weight excluding hydrogens is 314 g/mol. The highest BCUT2D eigenvalue weighted by Crippen LogP contribution is 2.16. The second-order valence-corrected chi connectivity index (χ2v) is 5.56. The van der Waals surface area contributed by atoms with Gasteiger partial charge >= 0.3 is 0 Å². The third kappa shape index (κ3) is 7.26. The van der Waals surface area contributed by atoms with Gasteiger partial charge in [-0.15, -0.1) is 11.6 Å². The average Bonchev–Trinajstić information content (AvgIpc) is 2.11. The number of alkyl halides is 2. The van der Waals surface area contributed by atoms with Gasteiger partial charge in [-0.2, -0.15) is 0 Å². The van der Waals surface area contributed by atoms with Crippen molar-refractivity contribution in [2.45, 2.75) is 38.9 Å². The minimum Gasteiger partial charge on any atom is -0.373 e. The van der Waals surface area contributed by atoms with E-state index in [-0.39, 0.29) is 11.2 Å². The van der Waals surface area contributed by atoms with Gasteiger partial charge in [-0.05, 0) is 27.7 Å². The highest BCUT2D eigenvalue weighted by atomic mass is 127. The third-order valence-corrected chi connectivity index (χ3v) is 3.81. The van der Waals surface area contributed by atoms with E-state index >= 15 is 0 Å². The van der Waals surface area contributed by atoms with Gasteiger partial charge in [-0.1, -0.05) is 22.6 Å². The summed E-state index contributed by atoms with van der Waals surface area (Å²) in [4.78, 5) is 0. The summed E-state index contributed by atoms with van der Waals surface area (Å²) in [6, 6.07) is 0. The first kappa shape index (κ1) is 14.9. The van der Waals surface area contributed by atoms with Crippen molar-refractivity contribution in [3.63, 3.8) is 0 Å². The molecule has 4 heteroatoms. The van der Waals surface area contributed by atoms with Gasteiger partial charge in [0.1, 0.15) is 0 Å². The summed E-state index contributed by atoms with van der Waals surface area (Å²) in [6.45, 7) is 9.34. The van der Waals surface area contributed by atoms with Gasteiger partial charge in [0.2, 0.25) is 0 Å². The quantitative estimate of drug-likeness (QED) is 0.422. The molecule has 0 aromatic rings. The molecule has 0 heterocycles. The fourth-order valence-electron chi connectivity index (χ4n) is 0.749. The molecule has 2 nitrogen and oxygen atoms in total. The predicted octanol–water partition coefficient (Wildman–Crippen LogP) is 3.25. The highest BCUT2D eigenvalue weighted by molar-refractivity contribution is 14.1. The molecule has 0 aromatic heterocycles. The monoisotopic (exact) mass is 334 g/mol. The van der Waals surface area contributed by atoms with Crippen LogP contribution < -0.4 is 0 Å². The molecule has 0 aromatic carbocycles. The van der Waals surface area contributed by atoms with Crippen molar-refractivity contribution < 1.29 is 9.47 Å². The number of rotatable bonds is 6. The maximum absolute atomic E-state index is 5.81. The number of halogens is 2. The summed E-state index contributed by atoms with van der Waals surface area (Å²) in [5.74, 6) is 0.519. The van der Waals surface area contributed by atoms with Gasteiger partial charge < -0.3 is 9.47 Å². The van der Waals surface area contributed by atoms with Crippen molar-refractivity contribution in [1.82, 2.24) is 0 Å². The second-order valence-electron chi connectivity index (χ2n) is 4.53. The lowest BCUT2D eigenvalue weighted by molar-refractivity contribution is -0.0683. The molecule has 0 aliphatic heterocycles. The number of hydrogen-bond donors (Lipinski definition) is 0. The van der Waals surface area contributed by atoms with E-state index < -0.39 is 0 Å². The van der Waals surface area contributed by atoms with Crippen LogP contribution in [0.15, 0.2) is 0 Å². The van der Waals surface area contributed by atoms with Crippen molar-refractivity contribution in [2.24, 2.45) is 0 Å².